The zero-order chi connectivity index (χ0) is 13.1. The van der Waals surface area contributed by atoms with Crippen molar-refractivity contribution in [2.45, 2.75) is 6.54 Å². The summed E-state index contributed by atoms with van der Waals surface area (Å²) in [7, 11) is 1.70. The summed E-state index contributed by atoms with van der Waals surface area (Å²) in [5.41, 5.74) is -1.25. The Balaban J connectivity index is 2.31. The largest absolute Gasteiger partial charge is 0.372 e. The first-order chi connectivity index (χ1) is 8.60. The van der Waals surface area contributed by atoms with Crippen molar-refractivity contribution in [3.63, 3.8) is 0 Å². The van der Waals surface area contributed by atoms with Gasteiger partial charge in [-0.25, -0.2) is 9.78 Å². The fraction of sp³-hybridized carbons (Fsp3) is 0.200. The molecule has 0 atom stereocenters. The maximum absolute atomic E-state index is 13.0. The molecule has 2 heterocycles. The molecule has 7 nitrogen and oxygen atoms in total. The molecule has 0 aromatic carbocycles. The van der Waals surface area contributed by atoms with Crippen molar-refractivity contribution in [1.29, 1.82) is 0 Å². The number of halogens is 1. The van der Waals surface area contributed by atoms with Gasteiger partial charge in [0.1, 0.15) is 5.82 Å². The van der Waals surface area contributed by atoms with Crippen LogP contribution in [0, 0.1) is 5.82 Å². The van der Waals surface area contributed by atoms with E-state index in [2.05, 4.69) is 15.3 Å². The van der Waals surface area contributed by atoms with Crippen LogP contribution in [0.15, 0.2) is 28.2 Å². The molecule has 0 aliphatic heterocycles. The molecule has 0 unspecified atom stereocenters. The summed E-state index contributed by atoms with van der Waals surface area (Å²) in [6, 6.07) is 0. The number of nitrogens with zero attached hydrogens (tertiary/aromatic N) is 3. The normalized spacial score (nSPS) is 10.3. The summed E-state index contributed by atoms with van der Waals surface area (Å²) in [6.07, 6.45) is 3.79. The van der Waals surface area contributed by atoms with Gasteiger partial charge in [0.2, 0.25) is 5.82 Å². The predicted octanol–water partition coefficient (Wildman–Crippen LogP) is -0.444. The second kappa shape index (κ2) is 4.78. The molecule has 0 amide bonds. The van der Waals surface area contributed by atoms with Crippen LogP contribution in [-0.4, -0.2) is 26.6 Å². The molecule has 0 fully saturated rings. The van der Waals surface area contributed by atoms with Crippen LogP contribution in [-0.2, 0) is 6.54 Å². The molecular weight excluding hydrogens is 241 g/mol. The maximum atomic E-state index is 13.0. The van der Waals surface area contributed by atoms with E-state index < -0.39 is 17.1 Å². The summed E-state index contributed by atoms with van der Waals surface area (Å²) in [4.78, 5) is 32.2. The minimum Gasteiger partial charge on any atom is -0.372 e. The molecule has 8 heteroatoms. The Morgan fingerprint density at radius 3 is 2.78 bits per heavy atom. The second-order valence-corrected chi connectivity index (χ2v) is 3.51. The van der Waals surface area contributed by atoms with Crippen LogP contribution in [0.3, 0.4) is 0 Å². The van der Waals surface area contributed by atoms with Crippen molar-refractivity contribution in [3.05, 3.63) is 50.9 Å². The summed E-state index contributed by atoms with van der Waals surface area (Å²) in [6.45, 7) is 0.0313. The first kappa shape index (κ1) is 12.0. The Labute approximate surface area is 100 Å². The minimum absolute atomic E-state index is 0.0313. The molecule has 0 saturated carbocycles. The van der Waals surface area contributed by atoms with E-state index in [0.717, 1.165) is 10.8 Å². The van der Waals surface area contributed by atoms with Crippen molar-refractivity contribution in [2.75, 3.05) is 12.4 Å². The molecular formula is C10H10FN5O2. The van der Waals surface area contributed by atoms with E-state index in [1.165, 1.54) is 12.4 Å². The number of hydrogen-bond acceptors (Lipinski definition) is 5. The van der Waals surface area contributed by atoms with E-state index in [0.29, 0.717) is 11.5 Å². The Hall–Kier alpha value is -2.51. The SMILES string of the molecule is CNc1cnc(Cn2cc(F)c(=O)[nH]c2=O)cn1. The number of anilines is 1. The van der Waals surface area contributed by atoms with Gasteiger partial charge >= 0.3 is 5.69 Å². The van der Waals surface area contributed by atoms with E-state index in [9.17, 15) is 14.0 Å². The lowest BCUT2D eigenvalue weighted by atomic mass is 10.4. The molecule has 0 saturated heterocycles. The minimum atomic E-state index is -1.03. The van der Waals surface area contributed by atoms with Crippen molar-refractivity contribution in [2.24, 2.45) is 0 Å². The van der Waals surface area contributed by atoms with Crippen LogP contribution >= 0.6 is 0 Å². The smallest absolute Gasteiger partial charge is 0.328 e. The molecule has 2 aromatic rings. The van der Waals surface area contributed by atoms with Gasteiger partial charge in [-0.05, 0) is 0 Å². The highest BCUT2D eigenvalue weighted by molar-refractivity contribution is 5.29. The topological polar surface area (TPSA) is 92.7 Å². The Morgan fingerprint density at radius 2 is 2.17 bits per heavy atom. The van der Waals surface area contributed by atoms with Gasteiger partial charge in [-0.2, -0.15) is 4.39 Å². The summed E-state index contributed by atoms with van der Waals surface area (Å²) in [5.74, 6) is -0.437. The van der Waals surface area contributed by atoms with Gasteiger partial charge in [0.05, 0.1) is 30.8 Å². The molecule has 0 spiro atoms. The fourth-order valence-electron chi connectivity index (χ4n) is 1.34. The second-order valence-electron chi connectivity index (χ2n) is 3.51. The number of aromatic nitrogens is 4. The highest BCUT2D eigenvalue weighted by Crippen LogP contribution is 2.00. The molecule has 2 N–H and O–H groups in total. The van der Waals surface area contributed by atoms with E-state index in [-0.39, 0.29) is 6.54 Å². The van der Waals surface area contributed by atoms with Gasteiger partial charge in [0.25, 0.3) is 5.56 Å². The fourth-order valence-corrected chi connectivity index (χ4v) is 1.34. The number of hydrogen-bond donors (Lipinski definition) is 2. The molecule has 0 aliphatic carbocycles. The van der Waals surface area contributed by atoms with Crippen molar-refractivity contribution < 1.29 is 4.39 Å². The highest BCUT2D eigenvalue weighted by atomic mass is 19.1. The molecule has 94 valence electrons. The van der Waals surface area contributed by atoms with Crippen LogP contribution in [0.25, 0.3) is 0 Å². The first-order valence-electron chi connectivity index (χ1n) is 5.08. The van der Waals surface area contributed by atoms with Crippen molar-refractivity contribution in [3.8, 4) is 0 Å². The van der Waals surface area contributed by atoms with Crippen LogP contribution in [0.5, 0.6) is 0 Å². The van der Waals surface area contributed by atoms with E-state index in [4.69, 9.17) is 0 Å². The molecule has 2 aromatic heterocycles. The maximum Gasteiger partial charge on any atom is 0.328 e. The third kappa shape index (κ3) is 2.42. The first-order valence-corrected chi connectivity index (χ1v) is 5.08. The lowest BCUT2D eigenvalue weighted by Crippen LogP contribution is -2.31. The highest BCUT2D eigenvalue weighted by Gasteiger charge is 2.05. The lowest BCUT2D eigenvalue weighted by molar-refractivity contribution is 0.563. The Kier molecular flexibility index (Phi) is 3.18. The summed E-state index contributed by atoms with van der Waals surface area (Å²) in [5, 5.41) is 2.80. The number of nitrogens with one attached hydrogen (secondary N) is 2. The van der Waals surface area contributed by atoms with Crippen LogP contribution < -0.4 is 16.6 Å². The molecule has 0 radical (unpaired) electrons. The standard InChI is InChI=1S/C10H10FN5O2/c1-12-8-3-13-6(2-14-8)4-16-5-7(11)9(17)15-10(16)18/h2-3,5H,4H2,1H3,(H,12,14)(H,15,17,18). The molecule has 18 heavy (non-hydrogen) atoms. The number of H-pyrrole nitrogens is 1. The quantitative estimate of drug-likeness (QED) is 0.771. The van der Waals surface area contributed by atoms with Gasteiger partial charge in [0, 0.05) is 7.05 Å². The summed E-state index contributed by atoms with van der Waals surface area (Å²) >= 11 is 0. The van der Waals surface area contributed by atoms with E-state index in [1.54, 1.807) is 7.05 Å². The third-order valence-corrected chi connectivity index (χ3v) is 2.26. The van der Waals surface area contributed by atoms with Gasteiger partial charge in [-0.1, -0.05) is 0 Å². The average Bonchev–Trinajstić information content (AvgIpc) is 2.37. The molecule has 0 aliphatic rings. The van der Waals surface area contributed by atoms with Gasteiger partial charge < -0.3 is 5.32 Å². The predicted molar refractivity (Wildman–Crippen MR) is 62.0 cm³/mol. The van der Waals surface area contributed by atoms with Crippen molar-refractivity contribution >= 4 is 5.82 Å². The zero-order valence-corrected chi connectivity index (χ0v) is 9.48. The Bertz CT molecular complexity index is 661. The van der Waals surface area contributed by atoms with E-state index >= 15 is 0 Å². The van der Waals surface area contributed by atoms with Crippen LogP contribution in [0.1, 0.15) is 5.69 Å². The number of aromatic amines is 1. The van der Waals surface area contributed by atoms with Gasteiger partial charge in [-0.3, -0.25) is 19.3 Å². The zero-order valence-electron chi connectivity index (χ0n) is 9.48. The van der Waals surface area contributed by atoms with Crippen molar-refractivity contribution in [1.82, 2.24) is 19.5 Å². The van der Waals surface area contributed by atoms with Gasteiger partial charge in [-0.15, -0.1) is 0 Å². The van der Waals surface area contributed by atoms with E-state index in [1.807, 2.05) is 4.98 Å². The molecule has 2 rings (SSSR count). The monoisotopic (exact) mass is 251 g/mol. The Morgan fingerprint density at radius 1 is 1.39 bits per heavy atom. The third-order valence-electron chi connectivity index (χ3n) is 2.26. The lowest BCUT2D eigenvalue weighted by Gasteiger charge is -2.04. The average molecular weight is 251 g/mol. The van der Waals surface area contributed by atoms with Crippen LogP contribution in [0.2, 0.25) is 0 Å². The van der Waals surface area contributed by atoms with Crippen LogP contribution in [0.4, 0.5) is 10.2 Å². The summed E-state index contributed by atoms with van der Waals surface area (Å²) < 4.78 is 14.0. The molecule has 0 bridgehead atoms. The number of rotatable bonds is 3. The van der Waals surface area contributed by atoms with Gasteiger partial charge in [0.15, 0.2) is 0 Å².